The largest absolute Gasteiger partial charge is 0.264 e. The van der Waals surface area contributed by atoms with Gasteiger partial charge < -0.3 is 0 Å². The fourth-order valence-corrected chi connectivity index (χ4v) is 3.22. The Hall–Kier alpha value is -0.430. The molecule has 1 aliphatic rings. The van der Waals surface area contributed by atoms with Crippen LogP contribution in [-0.4, -0.2) is 25.1 Å². The Kier molecular flexibility index (Phi) is 2.26. The normalized spacial score (nSPS) is 27.7. The van der Waals surface area contributed by atoms with Crippen molar-refractivity contribution in [3.05, 3.63) is 19.5 Å². The lowest BCUT2D eigenvalue weighted by Crippen LogP contribution is -2.23. The Bertz CT molecular complexity index is 358. The van der Waals surface area contributed by atoms with Crippen LogP contribution in [0.4, 0.5) is 0 Å². The molecule has 0 fully saturated rings. The number of hydrogen-bond acceptors (Lipinski definition) is 4. The lowest BCUT2D eigenvalue weighted by atomic mass is 10.2. The highest BCUT2D eigenvalue weighted by molar-refractivity contribution is 9.13. The van der Waals surface area contributed by atoms with E-state index in [2.05, 4.69) is 15.9 Å². The zero-order valence-electron chi connectivity index (χ0n) is 6.15. The second-order valence-electron chi connectivity index (χ2n) is 2.54. The number of sulfone groups is 1. The van der Waals surface area contributed by atoms with Gasteiger partial charge in [0.2, 0.25) is 6.04 Å². The average molecular weight is 256 g/mol. The summed E-state index contributed by atoms with van der Waals surface area (Å²) in [7, 11) is -3.41. The lowest BCUT2D eigenvalue weighted by molar-refractivity contribution is -0.505. The molecule has 0 radical (unpaired) electrons. The summed E-state index contributed by atoms with van der Waals surface area (Å²) in [5.74, 6) is -0.424. The van der Waals surface area contributed by atoms with E-state index in [0.717, 1.165) is 0 Å². The molecule has 0 aromatic carbocycles. The highest BCUT2D eigenvalue weighted by atomic mass is 79.9. The van der Waals surface area contributed by atoms with Gasteiger partial charge in [-0.3, -0.25) is 10.1 Å². The molecule has 0 bridgehead atoms. The Morgan fingerprint density at radius 3 is 2.33 bits per heavy atom. The van der Waals surface area contributed by atoms with Crippen LogP contribution in [0.5, 0.6) is 0 Å². The van der Waals surface area contributed by atoms with Gasteiger partial charge >= 0.3 is 0 Å². The van der Waals surface area contributed by atoms with Crippen molar-refractivity contribution < 1.29 is 13.3 Å². The number of nitro groups is 1. The van der Waals surface area contributed by atoms with Gasteiger partial charge in [-0.15, -0.1) is 0 Å². The van der Waals surface area contributed by atoms with Crippen LogP contribution in [-0.2, 0) is 9.84 Å². The molecule has 1 atom stereocenters. The number of nitrogens with zero attached hydrogens (tertiary/aromatic N) is 1. The van der Waals surface area contributed by atoms with Crippen molar-refractivity contribution in [2.24, 2.45) is 0 Å². The SMILES string of the molecule is CC1=C(Br)S(=O)(=O)C[C@@H]1[N+](=O)[O-]. The third-order valence-corrected chi connectivity index (χ3v) is 5.44. The van der Waals surface area contributed by atoms with Gasteiger partial charge in [-0.05, 0) is 22.9 Å². The molecule has 0 aromatic heterocycles. The van der Waals surface area contributed by atoms with Gasteiger partial charge in [0, 0.05) is 10.5 Å². The van der Waals surface area contributed by atoms with E-state index < -0.39 is 26.6 Å². The predicted molar refractivity (Wildman–Crippen MR) is 46.2 cm³/mol. The smallest absolute Gasteiger partial charge is 0.250 e. The topological polar surface area (TPSA) is 77.3 Å². The maximum absolute atomic E-state index is 11.1. The van der Waals surface area contributed by atoms with Crippen LogP contribution in [0.2, 0.25) is 0 Å². The molecule has 1 rings (SSSR count). The summed E-state index contributed by atoms with van der Waals surface area (Å²) in [6.07, 6.45) is 0. The predicted octanol–water partition coefficient (Wildman–Crippen LogP) is 0.687. The van der Waals surface area contributed by atoms with E-state index in [4.69, 9.17) is 0 Å². The molecule has 0 amide bonds. The Morgan fingerprint density at radius 1 is 1.67 bits per heavy atom. The van der Waals surface area contributed by atoms with Gasteiger partial charge in [0.15, 0.2) is 9.84 Å². The van der Waals surface area contributed by atoms with Crippen LogP contribution in [0.15, 0.2) is 9.39 Å². The van der Waals surface area contributed by atoms with Crippen LogP contribution in [0.3, 0.4) is 0 Å². The zero-order valence-corrected chi connectivity index (χ0v) is 8.55. The average Bonchev–Trinajstić information content (AvgIpc) is 2.14. The van der Waals surface area contributed by atoms with E-state index in [9.17, 15) is 18.5 Å². The third-order valence-electron chi connectivity index (χ3n) is 1.71. The summed E-state index contributed by atoms with van der Waals surface area (Å²) in [6.45, 7) is 1.45. The standard InChI is InChI=1S/C5H6BrNO4S/c1-3-4(7(8)9)2-12(10,11)5(3)6/h4H,2H2,1H3/t4-/m0/s1. The molecule has 12 heavy (non-hydrogen) atoms. The number of halogens is 1. The summed E-state index contributed by atoms with van der Waals surface area (Å²) >= 11 is 2.82. The van der Waals surface area contributed by atoms with Crippen LogP contribution >= 0.6 is 15.9 Å². The molecular formula is C5H6BrNO4S. The molecule has 0 aromatic rings. The first-order chi connectivity index (χ1) is 5.36. The van der Waals surface area contributed by atoms with Gasteiger partial charge in [0.05, 0.1) is 0 Å². The van der Waals surface area contributed by atoms with Gasteiger partial charge in [0.25, 0.3) is 0 Å². The quantitative estimate of drug-likeness (QED) is 0.510. The van der Waals surface area contributed by atoms with Crippen molar-refractivity contribution in [1.82, 2.24) is 0 Å². The molecule has 0 unspecified atom stereocenters. The van der Waals surface area contributed by atoms with Crippen molar-refractivity contribution in [2.75, 3.05) is 5.75 Å². The van der Waals surface area contributed by atoms with E-state index >= 15 is 0 Å². The Morgan fingerprint density at radius 2 is 2.17 bits per heavy atom. The zero-order chi connectivity index (χ0) is 9.52. The van der Waals surface area contributed by atoms with E-state index in [1.807, 2.05) is 0 Å². The summed E-state index contributed by atoms with van der Waals surface area (Å²) in [5, 5.41) is 10.3. The monoisotopic (exact) mass is 255 g/mol. The van der Waals surface area contributed by atoms with Crippen molar-refractivity contribution in [3.63, 3.8) is 0 Å². The highest BCUT2D eigenvalue weighted by Gasteiger charge is 2.41. The molecule has 0 aliphatic carbocycles. The van der Waals surface area contributed by atoms with Crippen molar-refractivity contribution >= 4 is 25.8 Å². The van der Waals surface area contributed by atoms with Gasteiger partial charge in [0.1, 0.15) is 9.57 Å². The molecule has 1 aliphatic heterocycles. The van der Waals surface area contributed by atoms with Crippen molar-refractivity contribution in [1.29, 1.82) is 0 Å². The fraction of sp³-hybridized carbons (Fsp3) is 0.600. The third kappa shape index (κ3) is 1.38. The molecule has 0 spiro atoms. The van der Waals surface area contributed by atoms with Gasteiger partial charge in [-0.1, -0.05) is 0 Å². The van der Waals surface area contributed by atoms with E-state index in [1.54, 1.807) is 0 Å². The Labute approximate surface area is 77.6 Å². The van der Waals surface area contributed by atoms with Gasteiger partial charge in [-0.25, -0.2) is 8.42 Å². The minimum atomic E-state index is -3.41. The maximum Gasteiger partial charge on any atom is 0.250 e. The van der Waals surface area contributed by atoms with E-state index in [0.29, 0.717) is 0 Å². The van der Waals surface area contributed by atoms with Crippen LogP contribution < -0.4 is 0 Å². The molecule has 0 saturated heterocycles. The highest BCUT2D eigenvalue weighted by Crippen LogP contribution is 2.31. The molecule has 1 heterocycles. The lowest BCUT2D eigenvalue weighted by Gasteiger charge is -1.98. The first kappa shape index (κ1) is 9.66. The van der Waals surface area contributed by atoms with Crippen LogP contribution in [0.1, 0.15) is 6.92 Å². The van der Waals surface area contributed by atoms with E-state index in [1.165, 1.54) is 6.92 Å². The number of hydrogen-bond donors (Lipinski definition) is 0. The molecule has 7 heteroatoms. The first-order valence-corrected chi connectivity index (χ1v) is 5.53. The summed E-state index contributed by atoms with van der Waals surface area (Å²) in [4.78, 5) is 9.75. The van der Waals surface area contributed by atoms with Crippen LogP contribution in [0.25, 0.3) is 0 Å². The van der Waals surface area contributed by atoms with Gasteiger partial charge in [-0.2, -0.15) is 0 Å². The maximum atomic E-state index is 11.1. The second-order valence-corrected chi connectivity index (χ2v) is 5.83. The Balaban J connectivity index is 3.17. The summed E-state index contributed by atoms with van der Waals surface area (Å²) in [5.41, 5.74) is 0.278. The van der Waals surface area contributed by atoms with E-state index in [-0.39, 0.29) is 9.39 Å². The minimum Gasteiger partial charge on any atom is -0.264 e. The summed E-state index contributed by atoms with van der Waals surface area (Å²) < 4.78 is 22.1. The van der Waals surface area contributed by atoms with Crippen molar-refractivity contribution in [3.8, 4) is 0 Å². The minimum absolute atomic E-state index is 0.0308. The second kappa shape index (κ2) is 2.81. The summed E-state index contributed by atoms with van der Waals surface area (Å²) in [6, 6.07) is -1.08. The molecule has 5 nitrogen and oxygen atoms in total. The molecule has 0 N–H and O–H groups in total. The molecule has 68 valence electrons. The first-order valence-electron chi connectivity index (χ1n) is 3.09. The number of rotatable bonds is 1. The molecular weight excluding hydrogens is 250 g/mol. The molecule has 0 saturated carbocycles. The van der Waals surface area contributed by atoms with Crippen molar-refractivity contribution in [2.45, 2.75) is 13.0 Å². The van der Waals surface area contributed by atoms with Crippen LogP contribution in [0, 0.1) is 10.1 Å². The fourth-order valence-electron chi connectivity index (χ4n) is 1.00.